The van der Waals surface area contributed by atoms with Crippen molar-refractivity contribution in [3.05, 3.63) is 78.0 Å². The fraction of sp³-hybridized carbons (Fsp3) is 0.304. The molecule has 2 aromatic carbocycles. The van der Waals surface area contributed by atoms with Gasteiger partial charge in [-0.15, -0.1) is 0 Å². The number of hydrogen-bond acceptors (Lipinski definition) is 3. The van der Waals surface area contributed by atoms with Crippen molar-refractivity contribution in [1.29, 1.82) is 0 Å². The molecule has 0 aliphatic carbocycles. The zero-order chi connectivity index (χ0) is 19.3. The van der Waals surface area contributed by atoms with Crippen LogP contribution in [-0.2, 0) is 6.54 Å². The Morgan fingerprint density at radius 3 is 2.21 bits per heavy atom. The standard InChI is InChI=1S/C23H26N4O/c1-2-25-13-15-26(16-14-25)23(28)21-18-27(17-19-9-5-3-6-10-19)24-22(21)20-11-7-4-8-12-20/h3-12,18H,2,13-17H2,1H3. The van der Waals surface area contributed by atoms with Crippen molar-refractivity contribution in [2.24, 2.45) is 0 Å². The van der Waals surface area contributed by atoms with Crippen LogP contribution in [0.15, 0.2) is 66.9 Å². The minimum absolute atomic E-state index is 0.0777. The average Bonchev–Trinajstić information content (AvgIpc) is 3.18. The Balaban J connectivity index is 1.64. The lowest BCUT2D eigenvalue weighted by molar-refractivity contribution is 0.0644. The second-order valence-electron chi connectivity index (χ2n) is 7.17. The van der Waals surface area contributed by atoms with Crippen LogP contribution in [0.2, 0.25) is 0 Å². The number of amides is 1. The first kappa shape index (κ1) is 18.4. The van der Waals surface area contributed by atoms with E-state index in [4.69, 9.17) is 5.10 Å². The summed E-state index contributed by atoms with van der Waals surface area (Å²) >= 11 is 0. The van der Waals surface area contributed by atoms with Crippen LogP contribution in [0.4, 0.5) is 0 Å². The maximum atomic E-state index is 13.3. The number of carbonyl (C=O) groups excluding carboxylic acids is 1. The molecule has 28 heavy (non-hydrogen) atoms. The molecule has 5 heteroatoms. The summed E-state index contributed by atoms with van der Waals surface area (Å²) in [5, 5.41) is 4.78. The van der Waals surface area contributed by atoms with E-state index in [-0.39, 0.29) is 5.91 Å². The van der Waals surface area contributed by atoms with Gasteiger partial charge in [-0.05, 0) is 12.1 Å². The van der Waals surface area contributed by atoms with E-state index in [1.54, 1.807) is 0 Å². The molecule has 4 rings (SSSR count). The number of aromatic nitrogens is 2. The van der Waals surface area contributed by atoms with Gasteiger partial charge in [0.25, 0.3) is 5.91 Å². The molecule has 1 saturated heterocycles. The third-order valence-corrected chi connectivity index (χ3v) is 5.33. The lowest BCUT2D eigenvalue weighted by Gasteiger charge is -2.34. The van der Waals surface area contributed by atoms with Crippen molar-refractivity contribution < 1.29 is 4.79 Å². The van der Waals surface area contributed by atoms with E-state index >= 15 is 0 Å². The van der Waals surface area contributed by atoms with E-state index in [1.165, 1.54) is 5.56 Å². The Hall–Kier alpha value is -2.92. The minimum atomic E-state index is 0.0777. The van der Waals surface area contributed by atoms with Crippen molar-refractivity contribution in [2.45, 2.75) is 13.5 Å². The molecule has 0 spiro atoms. The van der Waals surface area contributed by atoms with Gasteiger partial charge in [0.05, 0.1) is 12.1 Å². The van der Waals surface area contributed by atoms with Crippen molar-refractivity contribution in [2.75, 3.05) is 32.7 Å². The number of piperazine rings is 1. The third-order valence-electron chi connectivity index (χ3n) is 5.33. The monoisotopic (exact) mass is 374 g/mol. The van der Waals surface area contributed by atoms with Gasteiger partial charge in [0, 0.05) is 37.9 Å². The Morgan fingerprint density at radius 1 is 0.929 bits per heavy atom. The van der Waals surface area contributed by atoms with Gasteiger partial charge in [0.15, 0.2) is 0 Å². The molecule has 0 unspecified atom stereocenters. The van der Waals surface area contributed by atoms with Gasteiger partial charge in [0.1, 0.15) is 5.69 Å². The highest BCUT2D eigenvalue weighted by Crippen LogP contribution is 2.24. The molecule has 0 bridgehead atoms. The first-order valence-electron chi connectivity index (χ1n) is 9.93. The van der Waals surface area contributed by atoms with Crippen LogP contribution in [-0.4, -0.2) is 58.2 Å². The fourth-order valence-corrected chi connectivity index (χ4v) is 3.68. The Kier molecular flexibility index (Phi) is 5.53. The second-order valence-corrected chi connectivity index (χ2v) is 7.17. The van der Waals surface area contributed by atoms with E-state index in [1.807, 2.05) is 64.3 Å². The van der Waals surface area contributed by atoms with Gasteiger partial charge < -0.3 is 9.80 Å². The highest BCUT2D eigenvalue weighted by Gasteiger charge is 2.26. The molecule has 144 valence electrons. The van der Waals surface area contributed by atoms with Gasteiger partial charge in [-0.2, -0.15) is 5.10 Å². The molecule has 1 aromatic heterocycles. The molecule has 0 radical (unpaired) electrons. The van der Waals surface area contributed by atoms with Crippen LogP contribution < -0.4 is 0 Å². The van der Waals surface area contributed by atoms with Crippen LogP contribution >= 0.6 is 0 Å². The Bertz CT molecular complexity index is 912. The molecule has 1 aliphatic rings. The number of rotatable bonds is 5. The number of nitrogens with zero attached hydrogens (tertiary/aromatic N) is 4. The Labute approximate surface area is 166 Å². The maximum Gasteiger partial charge on any atom is 0.257 e. The summed E-state index contributed by atoms with van der Waals surface area (Å²) in [6.45, 7) is 7.25. The minimum Gasteiger partial charge on any atom is -0.336 e. The number of hydrogen-bond donors (Lipinski definition) is 0. The average molecular weight is 374 g/mol. The van der Waals surface area contributed by atoms with E-state index in [0.29, 0.717) is 12.1 Å². The molecule has 0 saturated carbocycles. The highest BCUT2D eigenvalue weighted by atomic mass is 16.2. The molecule has 1 amide bonds. The summed E-state index contributed by atoms with van der Waals surface area (Å²) in [6, 6.07) is 20.2. The predicted octanol–water partition coefficient (Wildman–Crippen LogP) is 3.38. The lowest BCUT2D eigenvalue weighted by atomic mass is 10.1. The van der Waals surface area contributed by atoms with Gasteiger partial charge in [-0.3, -0.25) is 9.48 Å². The quantitative estimate of drug-likeness (QED) is 0.688. The number of carbonyl (C=O) groups is 1. The lowest BCUT2D eigenvalue weighted by Crippen LogP contribution is -2.48. The summed E-state index contributed by atoms with van der Waals surface area (Å²) in [7, 11) is 0. The Morgan fingerprint density at radius 2 is 1.57 bits per heavy atom. The molecule has 0 atom stereocenters. The van der Waals surface area contributed by atoms with Crippen LogP contribution in [0.3, 0.4) is 0 Å². The van der Waals surface area contributed by atoms with Crippen LogP contribution in [0.1, 0.15) is 22.8 Å². The molecule has 1 fully saturated rings. The molecular formula is C23H26N4O. The van der Waals surface area contributed by atoms with Crippen molar-refractivity contribution >= 4 is 5.91 Å². The fourth-order valence-electron chi connectivity index (χ4n) is 3.68. The maximum absolute atomic E-state index is 13.3. The van der Waals surface area contributed by atoms with Crippen LogP contribution in [0.5, 0.6) is 0 Å². The SMILES string of the molecule is CCN1CCN(C(=O)c2cn(Cc3ccccc3)nc2-c2ccccc2)CC1. The van der Waals surface area contributed by atoms with Crippen molar-refractivity contribution in [3.8, 4) is 11.3 Å². The molecule has 0 N–H and O–H groups in total. The van der Waals surface area contributed by atoms with E-state index in [0.717, 1.165) is 44.0 Å². The summed E-state index contributed by atoms with van der Waals surface area (Å²) in [5.74, 6) is 0.0777. The molecule has 5 nitrogen and oxygen atoms in total. The summed E-state index contributed by atoms with van der Waals surface area (Å²) < 4.78 is 1.88. The number of likely N-dealkylation sites (N-methyl/N-ethyl adjacent to an activating group) is 1. The topological polar surface area (TPSA) is 41.4 Å². The number of benzene rings is 2. The van der Waals surface area contributed by atoms with Crippen molar-refractivity contribution in [3.63, 3.8) is 0 Å². The first-order chi connectivity index (χ1) is 13.7. The van der Waals surface area contributed by atoms with E-state index in [9.17, 15) is 4.79 Å². The largest absolute Gasteiger partial charge is 0.336 e. The van der Waals surface area contributed by atoms with Crippen molar-refractivity contribution in [1.82, 2.24) is 19.6 Å². The summed E-state index contributed by atoms with van der Waals surface area (Å²) in [6.07, 6.45) is 1.91. The molecule has 3 aromatic rings. The summed E-state index contributed by atoms with van der Waals surface area (Å²) in [4.78, 5) is 17.6. The van der Waals surface area contributed by atoms with Gasteiger partial charge in [-0.1, -0.05) is 67.6 Å². The predicted molar refractivity (Wildman–Crippen MR) is 111 cm³/mol. The molecular weight excluding hydrogens is 348 g/mol. The van der Waals surface area contributed by atoms with E-state index < -0.39 is 0 Å². The first-order valence-corrected chi connectivity index (χ1v) is 9.93. The van der Waals surface area contributed by atoms with Crippen LogP contribution in [0, 0.1) is 0 Å². The zero-order valence-corrected chi connectivity index (χ0v) is 16.3. The van der Waals surface area contributed by atoms with Gasteiger partial charge in [-0.25, -0.2) is 0 Å². The third kappa shape index (κ3) is 3.99. The highest BCUT2D eigenvalue weighted by molar-refractivity contribution is 5.99. The smallest absolute Gasteiger partial charge is 0.257 e. The normalized spacial score (nSPS) is 15.0. The summed E-state index contributed by atoms with van der Waals surface area (Å²) in [5.41, 5.74) is 3.59. The van der Waals surface area contributed by atoms with Gasteiger partial charge >= 0.3 is 0 Å². The molecule has 1 aliphatic heterocycles. The molecule has 2 heterocycles. The second kappa shape index (κ2) is 8.40. The van der Waals surface area contributed by atoms with E-state index in [2.05, 4.69) is 24.0 Å². The van der Waals surface area contributed by atoms with Gasteiger partial charge in [0.2, 0.25) is 0 Å². The zero-order valence-electron chi connectivity index (χ0n) is 16.3. The van der Waals surface area contributed by atoms with Crippen LogP contribution in [0.25, 0.3) is 11.3 Å².